The maximum atomic E-state index is 12.5. The lowest BCUT2D eigenvalue weighted by Gasteiger charge is -2.10. The molecular formula is C21H18N2O4. The molecule has 0 spiro atoms. The SMILES string of the molecule is Cc1coc2c1c(C)cc1oc(=O)c(CC(=O)Nc3ccccn3)c(C)c12. The highest BCUT2D eigenvalue weighted by atomic mass is 16.4. The van der Waals surface area contributed by atoms with Gasteiger partial charge in [0.25, 0.3) is 0 Å². The van der Waals surface area contributed by atoms with Gasteiger partial charge in [0.2, 0.25) is 5.91 Å². The molecule has 1 aromatic carbocycles. The number of carbonyl (C=O) groups excluding carboxylic acids is 1. The normalized spacial score (nSPS) is 11.2. The van der Waals surface area contributed by atoms with Gasteiger partial charge in [-0.25, -0.2) is 9.78 Å². The predicted octanol–water partition coefficient (Wildman–Crippen LogP) is 4.04. The van der Waals surface area contributed by atoms with Crippen molar-refractivity contribution in [3.05, 3.63) is 69.4 Å². The lowest BCUT2D eigenvalue weighted by Crippen LogP contribution is -2.21. The van der Waals surface area contributed by atoms with Gasteiger partial charge in [-0.3, -0.25) is 4.79 Å². The number of carbonyl (C=O) groups is 1. The molecule has 4 rings (SSSR count). The van der Waals surface area contributed by atoms with Crippen molar-refractivity contribution in [3.8, 4) is 0 Å². The second kappa shape index (κ2) is 6.39. The number of fused-ring (bicyclic) bond motifs is 3. The molecule has 27 heavy (non-hydrogen) atoms. The number of aryl methyl sites for hydroxylation is 3. The van der Waals surface area contributed by atoms with Gasteiger partial charge < -0.3 is 14.2 Å². The first-order chi connectivity index (χ1) is 13.0. The zero-order chi connectivity index (χ0) is 19.1. The summed E-state index contributed by atoms with van der Waals surface area (Å²) in [7, 11) is 0. The fourth-order valence-corrected chi connectivity index (χ4v) is 3.46. The number of hydrogen-bond acceptors (Lipinski definition) is 5. The number of anilines is 1. The third kappa shape index (κ3) is 2.89. The van der Waals surface area contributed by atoms with E-state index >= 15 is 0 Å². The Balaban J connectivity index is 1.81. The fourth-order valence-electron chi connectivity index (χ4n) is 3.46. The molecular weight excluding hydrogens is 344 g/mol. The van der Waals surface area contributed by atoms with Crippen LogP contribution in [0.25, 0.3) is 21.9 Å². The standard InChI is InChI=1S/C21H18N2O4/c1-11-8-15-19(20-18(11)12(2)10-26-20)13(3)14(21(25)27-15)9-17(24)23-16-6-4-5-7-22-16/h4-8,10H,9H2,1-3H3,(H,22,23,24). The van der Waals surface area contributed by atoms with Gasteiger partial charge in [-0.15, -0.1) is 0 Å². The molecule has 0 bridgehead atoms. The average molecular weight is 362 g/mol. The largest absolute Gasteiger partial charge is 0.463 e. The smallest absolute Gasteiger partial charge is 0.340 e. The molecule has 136 valence electrons. The Morgan fingerprint density at radius 2 is 1.96 bits per heavy atom. The number of furan rings is 1. The van der Waals surface area contributed by atoms with Gasteiger partial charge >= 0.3 is 5.63 Å². The summed E-state index contributed by atoms with van der Waals surface area (Å²) >= 11 is 0. The summed E-state index contributed by atoms with van der Waals surface area (Å²) in [6.45, 7) is 5.74. The van der Waals surface area contributed by atoms with Crippen LogP contribution in [0.4, 0.5) is 5.82 Å². The van der Waals surface area contributed by atoms with Crippen LogP contribution in [-0.4, -0.2) is 10.9 Å². The van der Waals surface area contributed by atoms with E-state index < -0.39 is 5.63 Å². The summed E-state index contributed by atoms with van der Waals surface area (Å²) in [5.74, 6) is 0.104. The minimum absolute atomic E-state index is 0.101. The number of rotatable bonds is 3. The Kier molecular flexibility index (Phi) is 4.03. The number of nitrogens with zero attached hydrogens (tertiary/aromatic N) is 1. The molecule has 1 N–H and O–H groups in total. The van der Waals surface area contributed by atoms with Crippen molar-refractivity contribution in [2.45, 2.75) is 27.2 Å². The minimum atomic E-state index is -0.516. The lowest BCUT2D eigenvalue weighted by molar-refractivity contribution is -0.115. The predicted molar refractivity (Wildman–Crippen MR) is 103 cm³/mol. The first kappa shape index (κ1) is 17.0. The summed E-state index contributed by atoms with van der Waals surface area (Å²) in [5, 5.41) is 4.42. The van der Waals surface area contributed by atoms with Crippen molar-refractivity contribution in [1.82, 2.24) is 4.98 Å². The monoisotopic (exact) mass is 362 g/mol. The quantitative estimate of drug-likeness (QED) is 0.556. The van der Waals surface area contributed by atoms with E-state index in [9.17, 15) is 9.59 Å². The van der Waals surface area contributed by atoms with Crippen LogP contribution in [0.2, 0.25) is 0 Å². The lowest BCUT2D eigenvalue weighted by atomic mass is 9.99. The van der Waals surface area contributed by atoms with Crippen LogP contribution in [0.3, 0.4) is 0 Å². The highest BCUT2D eigenvalue weighted by Crippen LogP contribution is 2.34. The Morgan fingerprint density at radius 3 is 2.70 bits per heavy atom. The van der Waals surface area contributed by atoms with E-state index in [1.165, 1.54) is 0 Å². The van der Waals surface area contributed by atoms with Crippen molar-refractivity contribution in [2.24, 2.45) is 0 Å². The molecule has 4 aromatic rings. The van der Waals surface area contributed by atoms with Crippen LogP contribution in [0.15, 0.2) is 50.4 Å². The molecule has 6 heteroatoms. The van der Waals surface area contributed by atoms with Gasteiger partial charge in [0, 0.05) is 11.6 Å². The van der Waals surface area contributed by atoms with E-state index in [1.54, 1.807) is 30.7 Å². The van der Waals surface area contributed by atoms with Gasteiger partial charge in [-0.05, 0) is 55.7 Å². The first-order valence-corrected chi connectivity index (χ1v) is 8.60. The van der Waals surface area contributed by atoms with Crippen LogP contribution >= 0.6 is 0 Å². The summed E-state index contributed by atoms with van der Waals surface area (Å²) in [6.07, 6.45) is 3.18. The molecule has 3 aromatic heterocycles. The van der Waals surface area contributed by atoms with E-state index in [1.807, 2.05) is 26.8 Å². The molecule has 0 aliphatic rings. The Hall–Kier alpha value is -3.41. The van der Waals surface area contributed by atoms with Gasteiger partial charge in [0.05, 0.1) is 23.6 Å². The molecule has 0 fully saturated rings. The molecule has 0 saturated carbocycles. The molecule has 1 amide bonds. The number of aromatic nitrogens is 1. The van der Waals surface area contributed by atoms with Gasteiger partial charge in [0.1, 0.15) is 17.0 Å². The summed E-state index contributed by atoms with van der Waals surface area (Å²) < 4.78 is 11.3. The topological polar surface area (TPSA) is 85.3 Å². The van der Waals surface area contributed by atoms with Crippen molar-refractivity contribution in [2.75, 3.05) is 5.32 Å². The van der Waals surface area contributed by atoms with E-state index in [-0.39, 0.29) is 12.3 Å². The summed E-state index contributed by atoms with van der Waals surface area (Å²) in [5.41, 5.74) is 3.63. The van der Waals surface area contributed by atoms with Crippen molar-refractivity contribution in [1.29, 1.82) is 0 Å². The molecule has 0 aliphatic carbocycles. The molecule has 0 radical (unpaired) electrons. The zero-order valence-corrected chi connectivity index (χ0v) is 15.3. The van der Waals surface area contributed by atoms with Gasteiger partial charge in [0.15, 0.2) is 0 Å². The van der Waals surface area contributed by atoms with Crippen LogP contribution in [0, 0.1) is 20.8 Å². The zero-order valence-electron chi connectivity index (χ0n) is 15.3. The molecule has 0 atom stereocenters. The Morgan fingerprint density at radius 1 is 1.15 bits per heavy atom. The minimum Gasteiger partial charge on any atom is -0.463 e. The van der Waals surface area contributed by atoms with E-state index in [0.717, 1.165) is 21.9 Å². The number of pyridine rings is 1. The number of nitrogens with one attached hydrogen (secondary N) is 1. The molecule has 6 nitrogen and oxygen atoms in total. The fraction of sp³-hybridized carbons (Fsp3) is 0.190. The Bertz CT molecular complexity index is 1240. The first-order valence-electron chi connectivity index (χ1n) is 8.60. The second-order valence-corrected chi connectivity index (χ2v) is 6.62. The van der Waals surface area contributed by atoms with Gasteiger partial charge in [-0.2, -0.15) is 0 Å². The van der Waals surface area contributed by atoms with Crippen LogP contribution in [0.1, 0.15) is 22.3 Å². The third-order valence-electron chi connectivity index (χ3n) is 4.74. The van der Waals surface area contributed by atoms with E-state index in [2.05, 4.69) is 10.3 Å². The highest BCUT2D eigenvalue weighted by molar-refractivity contribution is 6.07. The number of benzene rings is 1. The molecule has 3 heterocycles. The molecule has 0 aliphatic heterocycles. The van der Waals surface area contributed by atoms with Gasteiger partial charge in [-0.1, -0.05) is 6.07 Å². The average Bonchev–Trinajstić information content (AvgIpc) is 3.01. The van der Waals surface area contributed by atoms with Crippen molar-refractivity contribution >= 4 is 33.7 Å². The highest BCUT2D eigenvalue weighted by Gasteiger charge is 2.20. The summed E-state index contributed by atoms with van der Waals surface area (Å²) in [6, 6.07) is 7.06. The molecule has 0 unspecified atom stereocenters. The summed E-state index contributed by atoms with van der Waals surface area (Å²) in [4.78, 5) is 29.0. The van der Waals surface area contributed by atoms with E-state index in [0.29, 0.717) is 28.1 Å². The molecule has 0 saturated heterocycles. The third-order valence-corrected chi connectivity index (χ3v) is 4.74. The van der Waals surface area contributed by atoms with Crippen molar-refractivity contribution in [3.63, 3.8) is 0 Å². The second-order valence-electron chi connectivity index (χ2n) is 6.62. The van der Waals surface area contributed by atoms with Crippen LogP contribution in [0.5, 0.6) is 0 Å². The van der Waals surface area contributed by atoms with Crippen LogP contribution < -0.4 is 10.9 Å². The maximum Gasteiger partial charge on any atom is 0.340 e. The van der Waals surface area contributed by atoms with E-state index in [4.69, 9.17) is 8.83 Å². The Labute approximate surface area is 154 Å². The number of hydrogen-bond donors (Lipinski definition) is 1. The number of amides is 1. The maximum absolute atomic E-state index is 12.5. The van der Waals surface area contributed by atoms with Crippen LogP contribution in [-0.2, 0) is 11.2 Å². The van der Waals surface area contributed by atoms with Crippen molar-refractivity contribution < 1.29 is 13.6 Å².